The Kier molecular flexibility index (Phi) is 5.30. The normalized spacial score (nSPS) is 10.8. The number of carbonyl (C=O) groups excluding carboxylic acids is 9. The third kappa shape index (κ3) is 2.51. The Morgan fingerprint density at radius 1 is 0.324 bits per heavy atom. The van der Waals surface area contributed by atoms with Gasteiger partial charge in [0.2, 0.25) is 0 Å². The predicted molar refractivity (Wildman–Crippen MR) is 119 cm³/mol. The summed E-state index contributed by atoms with van der Waals surface area (Å²) in [6, 6.07) is 1.18. The van der Waals surface area contributed by atoms with E-state index in [1.54, 1.807) is 0 Å². The average molecular weight is 454 g/mol. The summed E-state index contributed by atoms with van der Waals surface area (Å²) in [7, 11) is 0. The van der Waals surface area contributed by atoms with Crippen LogP contribution in [0, 0.1) is 0 Å². The van der Waals surface area contributed by atoms with Crippen LogP contribution >= 0.6 is 0 Å². The third-order valence-electron chi connectivity index (χ3n) is 6.02. The maximum absolute atomic E-state index is 12.2. The molecule has 9 nitrogen and oxygen atoms in total. The molecule has 0 unspecified atom stereocenters. The topological polar surface area (TPSA) is 154 Å². The summed E-state index contributed by atoms with van der Waals surface area (Å²) in [6.07, 6.45) is 2.26. The first-order chi connectivity index (χ1) is 16.5. The van der Waals surface area contributed by atoms with Gasteiger partial charge in [-0.2, -0.15) is 0 Å². The average Bonchev–Trinajstić information content (AvgIpc) is 2.88. The maximum Gasteiger partial charge on any atom is 0.151 e. The predicted octanol–water partition coefficient (Wildman–Crippen LogP) is 2.90. The van der Waals surface area contributed by atoms with Gasteiger partial charge < -0.3 is 0 Å². The molecule has 9 heteroatoms. The largest absolute Gasteiger partial charge is 0.298 e. The van der Waals surface area contributed by atoms with Crippen LogP contribution in [0.15, 0.2) is 6.07 Å². The molecule has 0 amide bonds. The van der Waals surface area contributed by atoms with E-state index < -0.39 is 11.1 Å². The van der Waals surface area contributed by atoms with E-state index in [2.05, 4.69) is 0 Å². The van der Waals surface area contributed by atoms with Gasteiger partial charge >= 0.3 is 0 Å². The molecule has 164 valence electrons. The lowest BCUT2D eigenvalue weighted by molar-refractivity contribution is 0.108. The van der Waals surface area contributed by atoms with Crippen molar-refractivity contribution in [1.82, 2.24) is 0 Å². The van der Waals surface area contributed by atoms with Crippen molar-refractivity contribution >= 4 is 88.9 Å². The maximum atomic E-state index is 12.2. The van der Waals surface area contributed by atoms with E-state index in [4.69, 9.17) is 0 Å². The summed E-state index contributed by atoms with van der Waals surface area (Å²) >= 11 is 0. The van der Waals surface area contributed by atoms with E-state index in [0.29, 0.717) is 6.29 Å². The minimum atomic E-state index is -0.404. The molecule has 0 aliphatic carbocycles. The SMILES string of the molecule is O=Cc1c(C=O)c2cc(C=O)c3c(C=O)c(C=O)c(C=O)c4c(C=O)c(C=O)c(c1C=O)c2c34. The number of rotatable bonds is 9. The highest BCUT2D eigenvalue weighted by Gasteiger charge is 2.30. The highest BCUT2D eigenvalue weighted by atomic mass is 16.1. The molecule has 4 rings (SSSR count). The summed E-state index contributed by atoms with van der Waals surface area (Å²) in [5, 5.41) is -0.563. The minimum Gasteiger partial charge on any atom is -0.298 e. The van der Waals surface area contributed by atoms with Crippen LogP contribution in [0.25, 0.3) is 32.3 Å². The van der Waals surface area contributed by atoms with Crippen LogP contribution in [0.2, 0.25) is 0 Å². The quantitative estimate of drug-likeness (QED) is 0.274. The third-order valence-corrected chi connectivity index (χ3v) is 6.02. The molecule has 0 radical (unpaired) electrons. The number of hydrogen-bond donors (Lipinski definition) is 0. The van der Waals surface area contributed by atoms with Gasteiger partial charge in [0, 0.05) is 71.6 Å². The second-order valence-corrected chi connectivity index (χ2v) is 7.26. The van der Waals surface area contributed by atoms with E-state index in [1.165, 1.54) is 6.07 Å². The first kappa shape index (κ1) is 22.2. The zero-order chi connectivity index (χ0) is 24.7. The second kappa shape index (κ2) is 8.14. The molecule has 4 aromatic carbocycles. The molecule has 4 aromatic rings. The van der Waals surface area contributed by atoms with Gasteiger partial charge in [-0.15, -0.1) is 0 Å². The van der Waals surface area contributed by atoms with Crippen molar-refractivity contribution in [2.24, 2.45) is 0 Å². The zero-order valence-corrected chi connectivity index (χ0v) is 16.9. The molecule has 0 aliphatic heterocycles. The smallest absolute Gasteiger partial charge is 0.151 e. The standard InChI is InChI=1S/C25H10O9/c26-2-11-1-12-13(3-27)14(4-28)17(7-31)22-19(9-33)20(10-34)23-18(8-32)15(5-29)16(6-30)21(11)25(23)24(12)22/h1-10H. The molecule has 0 fully saturated rings. The summed E-state index contributed by atoms with van der Waals surface area (Å²) < 4.78 is 0. The van der Waals surface area contributed by atoms with Gasteiger partial charge in [0.1, 0.15) is 0 Å². The molecule has 0 heterocycles. The number of aldehydes is 9. The Balaban J connectivity index is 2.71. The Hall–Kier alpha value is -5.05. The lowest BCUT2D eigenvalue weighted by Gasteiger charge is -2.22. The summed E-state index contributed by atoms with van der Waals surface area (Å²) in [5.41, 5.74) is -3.07. The molecule has 0 spiro atoms. The van der Waals surface area contributed by atoms with E-state index in [9.17, 15) is 43.2 Å². The van der Waals surface area contributed by atoms with E-state index in [1.807, 2.05) is 0 Å². The molecule has 34 heavy (non-hydrogen) atoms. The Morgan fingerprint density at radius 3 is 1.09 bits per heavy atom. The second-order valence-electron chi connectivity index (χ2n) is 7.26. The van der Waals surface area contributed by atoms with E-state index in [0.717, 1.165) is 0 Å². The van der Waals surface area contributed by atoms with Crippen molar-refractivity contribution in [2.75, 3.05) is 0 Å². The van der Waals surface area contributed by atoms with Gasteiger partial charge in [-0.3, -0.25) is 43.2 Å². The number of carbonyl (C=O) groups is 9. The fourth-order valence-electron chi connectivity index (χ4n) is 4.74. The van der Waals surface area contributed by atoms with Crippen LogP contribution in [-0.4, -0.2) is 56.6 Å². The highest BCUT2D eigenvalue weighted by Crippen LogP contribution is 2.45. The fourth-order valence-corrected chi connectivity index (χ4v) is 4.74. The zero-order valence-electron chi connectivity index (χ0n) is 16.9. The van der Waals surface area contributed by atoms with Crippen molar-refractivity contribution in [2.45, 2.75) is 0 Å². The van der Waals surface area contributed by atoms with Gasteiger partial charge in [0.05, 0.1) is 0 Å². The monoisotopic (exact) mass is 454 g/mol. The molecular weight excluding hydrogens is 444 g/mol. The van der Waals surface area contributed by atoms with Gasteiger partial charge in [-0.1, -0.05) is 0 Å². The Labute approximate surface area is 188 Å². The van der Waals surface area contributed by atoms with Crippen molar-refractivity contribution in [1.29, 1.82) is 0 Å². The molecule has 0 aromatic heterocycles. The van der Waals surface area contributed by atoms with Crippen molar-refractivity contribution in [3.63, 3.8) is 0 Å². The molecular formula is C25H10O9. The van der Waals surface area contributed by atoms with Gasteiger partial charge in [-0.25, -0.2) is 0 Å². The van der Waals surface area contributed by atoms with Crippen LogP contribution in [-0.2, 0) is 0 Å². The molecule has 0 saturated carbocycles. The number of benzene rings is 4. The molecule has 0 bridgehead atoms. The van der Waals surface area contributed by atoms with Crippen molar-refractivity contribution in [3.8, 4) is 0 Å². The molecule has 0 N–H and O–H groups in total. The van der Waals surface area contributed by atoms with E-state index >= 15 is 0 Å². The van der Waals surface area contributed by atoms with Crippen LogP contribution in [0.5, 0.6) is 0 Å². The summed E-state index contributed by atoms with van der Waals surface area (Å²) in [4.78, 5) is 108. The van der Waals surface area contributed by atoms with Crippen LogP contribution in [0.1, 0.15) is 93.2 Å². The van der Waals surface area contributed by atoms with E-state index in [-0.39, 0.29) is 122 Å². The minimum absolute atomic E-state index is 0.00162. The first-order valence-electron chi connectivity index (χ1n) is 9.55. The summed E-state index contributed by atoms with van der Waals surface area (Å²) in [5.74, 6) is 0. The molecule has 0 aliphatic rings. The lowest BCUT2D eigenvalue weighted by Crippen LogP contribution is -2.11. The van der Waals surface area contributed by atoms with Crippen LogP contribution in [0.3, 0.4) is 0 Å². The van der Waals surface area contributed by atoms with Gasteiger partial charge in [0.15, 0.2) is 56.6 Å². The lowest BCUT2D eigenvalue weighted by atomic mass is 9.78. The van der Waals surface area contributed by atoms with Crippen LogP contribution in [0.4, 0.5) is 0 Å². The first-order valence-corrected chi connectivity index (χ1v) is 9.55. The Bertz CT molecular complexity index is 1660. The van der Waals surface area contributed by atoms with Crippen molar-refractivity contribution < 1.29 is 43.2 Å². The molecule has 0 saturated heterocycles. The van der Waals surface area contributed by atoms with Crippen molar-refractivity contribution in [3.05, 3.63) is 56.1 Å². The van der Waals surface area contributed by atoms with Gasteiger partial charge in [0.25, 0.3) is 0 Å². The summed E-state index contributed by atoms with van der Waals surface area (Å²) in [6.45, 7) is 0. The van der Waals surface area contributed by atoms with Crippen LogP contribution < -0.4 is 0 Å². The Morgan fingerprint density at radius 2 is 0.676 bits per heavy atom. The molecule has 0 atom stereocenters. The number of hydrogen-bond acceptors (Lipinski definition) is 9. The fraction of sp³-hybridized carbons (Fsp3) is 0. The van der Waals surface area contributed by atoms with Gasteiger partial charge in [-0.05, 0) is 16.8 Å². The highest BCUT2D eigenvalue weighted by molar-refractivity contribution is 6.39.